The molecule has 0 saturated carbocycles. The minimum atomic E-state index is -0.0780. The zero-order valence-electron chi connectivity index (χ0n) is 14.8. The zero-order valence-corrected chi connectivity index (χ0v) is 14.8. The Hall–Kier alpha value is -2.89. The number of fused-ring (bicyclic) bond motifs is 1. The summed E-state index contributed by atoms with van der Waals surface area (Å²) in [6.07, 6.45) is 3.09. The van der Waals surface area contributed by atoms with Crippen LogP contribution >= 0.6 is 0 Å². The van der Waals surface area contributed by atoms with Crippen LogP contribution in [0.15, 0.2) is 48.5 Å². The molecule has 1 fully saturated rings. The number of aromatic nitrogens is 3. The van der Waals surface area contributed by atoms with E-state index in [0.29, 0.717) is 13.0 Å². The van der Waals surface area contributed by atoms with Crippen molar-refractivity contribution in [1.29, 1.82) is 0 Å². The van der Waals surface area contributed by atoms with Gasteiger partial charge in [0.1, 0.15) is 22.9 Å². The van der Waals surface area contributed by atoms with Crippen LogP contribution in [0.3, 0.4) is 0 Å². The number of ether oxygens (including phenoxy) is 1. The number of methoxy groups -OCH3 is 1. The van der Waals surface area contributed by atoms with Crippen LogP contribution in [0.2, 0.25) is 0 Å². The lowest BCUT2D eigenvalue weighted by molar-refractivity contribution is -0.130. The van der Waals surface area contributed by atoms with Gasteiger partial charge in [0.25, 0.3) is 0 Å². The number of nitrogens with zero attached hydrogens (tertiary/aromatic N) is 4. The molecule has 1 amide bonds. The highest BCUT2D eigenvalue weighted by molar-refractivity contribution is 5.78. The summed E-state index contributed by atoms with van der Waals surface area (Å²) in [7, 11) is 1.67. The summed E-state index contributed by atoms with van der Waals surface area (Å²) < 4.78 is 5.19. The molecule has 1 aliphatic rings. The van der Waals surface area contributed by atoms with E-state index in [1.807, 2.05) is 41.3 Å². The second kappa shape index (κ2) is 7.15. The Bertz CT molecular complexity index is 871. The van der Waals surface area contributed by atoms with E-state index in [-0.39, 0.29) is 12.1 Å². The molecular formula is C20H22N4O2. The molecule has 1 saturated heterocycles. The van der Waals surface area contributed by atoms with Crippen LogP contribution in [0.25, 0.3) is 11.0 Å². The first-order valence-electron chi connectivity index (χ1n) is 8.98. The number of rotatable bonds is 6. The smallest absolute Gasteiger partial charge is 0.224 e. The van der Waals surface area contributed by atoms with Gasteiger partial charge in [0.2, 0.25) is 5.91 Å². The highest BCUT2D eigenvalue weighted by atomic mass is 16.5. The number of hydrogen-bond donors (Lipinski definition) is 0. The Kier molecular flexibility index (Phi) is 4.56. The number of hydrogen-bond acceptors (Lipinski definition) is 4. The van der Waals surface area contributed by atoms with E-state index in [0.717, 1.165) is 36.0 Å². The molecule has 0 bridgehead atoms. The summed E-state index contributed by atoms with van der Waals surface area (Å²) in [6.45, 7) is 0.716. The molecule has 1 aliphatic heterocycles. The van der Waals surface area contributed by atoms with Gasteiger partial charge in [-0.3, -0.25) is 4.79 Å². The van der Waals surface area contributed by atoms with Crippen molar-refractivity contribution in [3.8, 4) is 5.75 Å². The van der Waals surface area contributed by atoms with E-state index in [1.54, 1.807) is 11.9 Å². The maximum absolute atomic E-state index is 12.3. The number of benzene rings is 2. The van der Waals surface area contributed by atoms with Crippen molar-refractivity contribution < 1.29 is 9.53 Å². The van der Waals surface area contributed by atoms with Crippen molar-refractivity contribution in [3.63, 3.8) is 0 Å². The van der Waals surface area contributed by atoms with E-state index in [4.69, 9.17) is 4.74 Å². The molecule has 1 unspecified atom stereocenters. The molecule has 6 nitrogen and oxygen atoms in total. The fraction of sp³-hybridized carbons (Fsp3) is 0.350. The Morgan fingerprint density at radius 2 is 1.77 bits per heavy atom. The molecule has 0 aliphatic carbocycles. The van der Waals surface area contributed by atoms with Gasteiger partial charge in [-0.1, -0.05) is 24.3 Å². The van der Waals surface area contributed by atoms with Gasteiger partial charge >= 0.3 is 0 Å². The fourth-order valence-electron chi connectivity index (χ4n) is 3.49. The zero-order chi connectivity index (χ0) is 17.9. The summed E-state index contributed by atoms with van der Waals surface area (Å²) in [6, 6.07) is 15.9. The highest BCUT2D eigenvalue weighted by Crippen LogP contribution is 2.28. The minimum absolute atomic E-state index is 0.0780. The van der Waals surface area contributed by atoms with E-state index < -0.39 is 0 Å². The molecule has 0 radical (unpaired) electrons. The van der Waals surface area contributed by atoms with Crippen molar-refractivity contribution in [2.24, 2.45) is 0 Å². The van der Waals surface area contributed by atoms with Crippen LogP contribution in [-0.4, -0.2) is 39.5 Å². The number of carbonyl (C=O) groups excluding carboxylic acids is 1. The molecule has 3 aromatic rings. The second-order valence-electron chi connectivity index (χ2n) is 6.57. The van der Waals surface area contributed by atoms with Gasteiger partial charge in [-0.15, -0.1) is 0 Å². The minimum Gasteiger partial charge on any atom is -0.497 e. The molecule has 2 aromatic carbocycles. The van der Waals surface area contributed by atoms with Gasteiger partial charge in [0.15, 0.2) is 0 Å². The van der Waals surface area contributed by atoms with Crippen molar-refractivity contribution in [3.05, 3.63) is 54.1 Å². The SMILES string of the molecule is COc1ccc(CCCN2C(=O)CCC2n2nc3ccccc3n2)cc1. The average molecular weight is 350 g/mol. The average Bonchev–Trinajstić information content (AvgIpc) is 3.26. The van der Waals surface area contributed by atoms with Crippen molar-refractivity contribution >= 4 is 16.9 Å². The first-order chi connectivity index (χ1) is 12.7. The normalized spacial score (nSPS) is 17.2. The van der Waals surface area contributed by atoms with E-state index in [1.165, 1.54) is 5.56 Å². The van der Waals surface area contributed by atoms with Crippen molar-refractivity contribution in [2.45, 2.75) is 31.8 Å². The van der Waals surface area contributed by atoms with E-state index >= 15 is 0 Å². The highest BCUT2D eigenvalue weighted by Gasteiger charge is 2.33. The molecule has 0 N–H and O–H groups in total. The lowest BCUT2D eigenvalue weighted by Crippen LogP contribution is -2.33. The second-order valence-corrected chi connectivity index (χ2v) is 6.57. The van der Waals surface area contributed by atoms with Crippen molar-refractivity contribution in [1.82, 2.24) is 19.9 Å². The van der Waals surface area contributed by atoms with Gasteiger partial charge in [-0.2, -0.15) is 15.0 Å². The Morgan fingerprint density at radius 1 is 1.08 bits per heavy atom. The maximum Gasteiger partial charge on any atom is 0.224 e. The van der Waals surface area contributed by atoms with E-state index in [9.17, 15) is 4.79 Å². The van der Waals surface area contributed by atoms with Crippen molar-refractivity contribution in [2.75, 3.05) is 13.7 Å². The number of aryl methyl sites for hydroxylation is 1. The third-order valence-electron chi connectivity index (χ3n) is 4.89. The first-order valence-corrected chi connectivity index (χ1v) is 8.98. The van der Waals surface area contributed by atoms with Crippen LogP contribution < -0.4 is 4.74 Å². The van der Waals surface area contributed by atoms with Gasteiger partial charge in [-0.05, 0) is 49.1 Å². The Balaban J connectivity index is 1.42. The van der Waals surface area contributed by atoms with Gasteiger partial charge in [0, 0.05) is 13.0 Å². The van der Waals surface area contributed by atoms with Crippen LogP contribution in [0.1, 0.15) is 31.0 Å². The molecule has 134 valence electrons. The van der Waals surface area contributed by atoms with Crippen LogP contribution in [0, 0.1) is 0 Å². The Morgan fingerprint density at radius 3 is 2.42 bits per heavy atom. The van der Waals surface area contributed by atoms with Gasteiger partial charge < -0.3 is 9.64 Å². The summed E-state index contributed by atoms with van der Waals surface area (Å²) in [5.41, 5.74) is 2.98. The molecule has 2 heterocycles. The van der Waals surface area contributed by atoms with E-state index in [2.05, 4.69) is 22.3 Å². The fourth-order valence-corrected chi connectivity index (χ4v) is 3.49. The van der Waals surface area contributed by atoms with Crippen LogP contribution in [0.4, 0.5) is 0 Å². The predicted octanol–water partition coefficient (Wildman–Crippen LogP) is 3.19. The molecule has 6 heteroatoms. The summed E-state index contributed by atoms with van der Waals surface area (Å²) in [5.74, 6) is 1.05. The monoisotopic (exact) mass is 350 g/mol. The summed E-state index contributed by atoms with van der Waals surface area (Å²) >= 11 is 0. The topological polar surface area (TPSA) is 60.2 Å². The van der Waals surface area contributed by atoms with Gasteiger partial charge in [0.05, 0.1) is 7.11 Å². The molecule has 26 heavy (non-hydrogen) atoms. The largest absolute Gasteiger partial charge is 0.497 e. The standard InChI is InChI=1S/C20H22N4O2/c1-26-16-10-8-15(9-11-16)5-4-14-23-19(12-13-20(23)25)24-21-17-6-2-3-7-18(17)22-24/h2-3,6-11,19H,4-5,12-14H2,1H3. The Labute approximate surface area is 152 Å². The third kappa shape index (κ3) is 3.27. The molecule has 4 rings (SSSR count). The number of likely N-dealkylation sites (tertiary alicyclic amines) is 1. The lowest BCUT2D eigenvalue weighted by atomic mass is 10.1. The quantitative estimate of drug-likeness (QED) is 0.685. The van der Waals surface area contributed by atoms with Crippen LogP contribution in [0.5, 0.6) is 5.75 Å². The number of carbonyl (C=O) groups is 1. The molecule has 0 spiro atoms. The summed E-state index contributed by atoms with van der Waals surface area (Å²) in [4.78, 5) is 16.0. The third-order valence-corrected chi connectivity index (χ3v) is 4.89. The molecule has 1 aromatic heterocycles. The predicted molar refractivity (Wildman–Crippen MR) is 98.8 cm³/mol. The van der Waals surface area contributed by atoms with Gasteiger partial charge in [-0.25, -0.2) is 0 Å². The lowest BCUT2D eigenvalue weighted by Gasteiger charge is -2.23. The maximum atomic E-state index is 12.3. The molecule has 1 atom stereocenters. The first kappa shape index (κ1) is 16.6. The summed E-state index contributed by atoms with van der Waals surface area (Å²) in [5, 5.41) is 9.13. The molecular weight excluding hydrogens is 328 g/mol. The number of amides is 1. The van der Waals surface area contributed by atoms with Crippen LogP contribution in [-0.2, 0) is 11.2 Å².